The van der Waals surface area contributed by atoms with Crippen molar-refractivity contribution in [3.05, 3.63) is 70.9 Å². The lowest BCUT2D eigenvalue weighted by Crippen LogP contribution is -2.23. The van der Waals surface area contributed by atoms with Crippen LogP contribution in [0.4, 0.5) is 0 Å². The maximum absolute atomic E-state index is 12.5. The molecule has 1 aromatic heterocycles. The topological polar surface area (TPSA) is 67.0 Å². The number of halogens is 1. The van der Waals surface area contributed by atoms with Crippen molar-refractivity contribution in [1.82, 2.24) is 15.5 Å². The zero-order chi connectivity index (χ0) is 16.9. The van der Waals surface area contributed by atoms with Crippen LogP contribution in [0.2, 0.25) is 5.02 Å². The summed E-state index contributed by atoms with van der Waals surface area (Å²) in [7, 11) is 1.61. The second kappa shape index (κ2) is 7.19. The molecule has 2 aromatic carbocycles. The van der Waals surface area contributed by atoms with Crippen LogP contribution in [-0.2, 0) is 6.54 Å². The molecule has 0 saturated carbocycles. The molecule has 0 radical (unpaired) electrons. The normalized spacial score (nSPS) is 10.4. The number of hydrogen-bond donors (Lipinski definition) is 2. The van der Waals surface area contributed by atoms with Crippen molar-refractivity contribution in [2.24, 2.45) is 0 Å². The van der Waals surface area contributed by atoms with Crippen LogP contribution in [0.1, 0.15) is 15.9 Å². The SMILES string of the molecule is COc1cccc(CNC(=O)c2cn[nH]c2-c2ccc(Cl)cc2)c1. The van der Waals surface area contributed by atoms with Gasteiger partial charge >= 0.3 is 0 Å². The summed E-state index contributed by atoms with van der Waals surface area (Å²) in [6, 6.07) is 14.8. The van der Waals surface area contributed by atoms with Crippen molar-refractivity contribution < 1.29 is 9.53 Å². The van der Waals surface area contributed by atoms with Crippen LogP contribution >= 0.6 is 11.6 Å². The second-order valence-corrected chi connectivity index (χ2v) is 5.64. The maximum Gasteiger partial charge on any atom is 0.255 e. The molecule has 1 heterocycles. The Morgan fingerprint density at radius 3 is 2.79 bits per heavy atom. The van der Waals surface area contributed by atoms with Gasteiger partial charge in [-0.1, -0.05) is 35.9 Å². The minimum Gasteiger partial charge on any atom is -0.497 e. The maximum atomic E-state index is 12.5. The first-order valence-corrected chi connectivity index (χ1v) is 7.75. The van der Waals surface area contributed by atoms with E-state index in [1.54, 1.807) is 19.2 Å². The first kappa shape index (κ1) is 16.1. The number of aromatic amines is 1. The highest BCUT2D eigenvalue weighted by Gasteiger charge is 2.15. The Bertz CT molecular complexity index is 843. The van der Waals surface area contributed by atoms with Gasteiger partial charge in [0, 0.05) is 17.1 Å². The van der Waals surface area contributed by atoms with E-state index >= 15 is 0 Å². The first-order chi connectivity index (χ1) is 11.7. The quantitative estimate of drug-likeness (QED) is 0.744. The predicted molar refractivity (Wildman–Crippen MR) is 93.2 cm³/mol. The molecule has 0 aliphatic carbocycles. The number of nitrogens with zero attached hydrogens (tertiary/aromatic N) is 1. The molecule has 0 saturated heterocycles. The van der Waals surface area contributed by atoms with Gasteiger partial charge in [0.1, 0.15) is 5.75 Å². The number of amides is 1. The van der Waals surface area contributed by atoms with Gasteiger partial charge in [0.2, 0.25) is 0 Å². The Morgan fingerprint density at radius 1 is 1.25 bits per heavy atom. The van der Waals surface area contributed by atoms with Crippen LogP contribution < -0.4 is 10.1 Å². The number of ether oxygens (including phenoxy) is 1. The Hall–Kier alpha value is -2.79. The molecule has 0 aliphatic heterocycles. The molecular weight excluding hydrogens is 326 g/mol. The van der Waals surface area contributed by atoms with E-state index in [1.165, 1.54) is 6.20 Å². The molecule has 0 aliphatic rings. The fourth-order valence-corrected chi connectivity index (χ4v) is 2.48. The Labute approximate surface area is 144 Å². The molecular formula is C18H16ClN3O2. The highest BCUT2D eigenvalue weighted by molar-refractivity contribution is 6.30. The summed E-state index contributed by atoms with van der Waals surface area (Å²) < 4.78 is 5.18. The summed E-state index contributed by atoms with van der Waals surface area (Å²) >= 11 is 5.90. The number of benzene rings is 2. The second-order valence-electron chi connectivity index (χ2n) is 5.20. The summed E-state index contributed by atoms with van der Waals surface area (Å²) in [5.74, 6) is 0.559. The van der Waals surface area contributed by atoms with Gasteiger partial charge < -0.3 is 10.1 Å². The van der Waals surface area contributed by atoms with E-state index in [9.17, 15) is 4.79 Å². The molecule has 0 bridgehead atoms. The molecule has 3 rings (SSSR count). The lowest BCUT2D eigenvalue weighted by molar-refractivity contribution is 0.0951. The highest BCUT2D eigenvalue weighted by atomic mass is 35.5. The van der Waals surface area contributed by atoms with Crippen molar-refractivity contribution in [1.29, 1.82) is 0 Å². The van der Waals surface area contributed by atoms with Crippen molar-refractivity contribution in [3.63, 3.8) is 0 Å². The van der Waals surface area contributed by atoms with Gasteiger partial charge in [0.25, 0.3) is 5.91 Å². The lowest BCUT2D eigenvalue weighted by atomic mass is 10.1. The monoisotopic (exact) mass is 341 g/mol. The largest absolute Gasteiger partial charge is 0.497 e. The molecule has 2 N–H and O–H groups in total. The fourth-order valence-electron chi connectivity index (χ4n) is 2.35. The lowest BCUT2D eigenvalue weighted by Gasteiger charge is -2.07. The molecule has 6 heteroatoms. The summed E-state index contributed by atoms with van der Waals surface area (Å²) in [5.41, 5.74) is 2.96. The average Bonchev–Trinajstić information content (AvgIpc) is 3.10. The van der Waals surface area contributed by atoms with Crippen LogP contribution in [0.15, 0.2) is 54.7 Å². The summed E-state index contributed by atoms with van der Waals surface area (Å²) in [5, 5.41) is 10.4. The van der Waals surface area contributed by atoms with Crippen molar-refractivity contribution in [3.8, 4) is 17.0 Å². The van der Waals surface area contributed by atoms with E-state index in [4.69, 9.17) is 16.3 Å². The van der Waals surface area contributed by atoms with Crippen molar-refractivity contribution in [2.45, 2.75) is 6.54 Å². The zero-order valence-electron chi connectivity index (χ0n) is 13.0. The van der Waals surface area contributed by atoms with E-state index in [0.717, 1.165) is 16.9 Å². The average molecular weight is 342 g/mol. The molecule has 0 atom stereocenters. The third-order valence-electron chi connectivity index (χ3n) is 3.60. The van der Waals surface area contributed by atoms with E-state index in [2.05, 4.69) is 15.5 Å². The van der Waals surface area contributed by atoms with Gasteiger partial charge in [-0.05, 0) is 29.8 Å². The van der Waals surface area contributed by atoms with Gasteiger partial charge in [0.05, 0.1) is 24.6 Å². The molecule has 5 nitrogen and oxygen atoms in total. The molecule has 0 unspecified atom stereocenters. The van der Waals surface area contributed by atoms with Gasteiger partial charge in [-0.15, -0.1) is 0 Å². The van der Waals surface area contributed by atoms with Crippen molar-refractivity contribution in [2.75, 3.05) is 7.11 Å². The molecule has 24 heavy (non-hydrogen) atoms. The Balaban J connectivity index is 1.74. The minimum absolute atomic E-state index is 0.198. The highest BCUT2D eigenvalue weighted by Crippen LogP contribution is 2.23. The molecule has 3 aromatic rings. The number of hydrogen-bond acceptors (Lipinski definition) is 3. The Kier molecular flexibility index (Phi) is 4.82. The van der Waals surface area contributed by atoms with Crippen LogP contribution in [0.25, 0.3) is 11.3 Å². The van der Waals surface area contributed by atoms with Gasteiger partial charge in [-0.2, -0.15) is 5.10 Å². The number of nitrogens with one attached hydrogen (secondary N) is 2. The molecule has 1 amide bonds. The number of methoxy groups -OCH3 is 1. The molecule has 0 fully saturated rings. The standard InChI is InChI=1S/C18H16ClN3O2/c1-24-15-4-2-3-12(9-15)10-20-18(23)16-11-21-22-17(16)13-5-7-14(19)8-6-13/h2-9,11H,10H2,1H3,(H,20,23)(H,21,22). The van der Waals surface area contributed by atoms with Gasteiger partial charge in [-0.25, -0.2) is 0 Å². The number of H-pyrrole nitrogens is 1. The van der Waals surface area contributed by atoms with Crippen molar-refractivity contribution >= 4 is 17.5 Å². The third kappa shape index (κ3) is 3.58. The minimum atomic E-state index is -0.198. The number of rotatable bonds is 5. The molecule has 122 valence electrons. The zero-order valence-corrected chi connectivity index (χ0v) is 13.8. The first-order valence-electron chi connectivity index (χ1n) is 7.38. The molecule has 0 spiro atoms. The van der Waals surface area contributed by atoms with E-state index in [-0.39, 0.29) is 5.91 Å². The summed E-state index contributed by atoms with van der Waals surface area (Å²) in [6.07, 6.45) is 1.52. The van der Waals surface area contributed by atoms with Crippen LogP contribution in [0, 0.1) is 0 Å². The van der Waals surface area contributed by atoms with Gasteiger partial charge in [0.15, 0.2) is 0 Å². The predicted octanol–water partition coefficient (Wildman–Crippen LogP) is 3.67. The smallest absolute Gasteiger partial charge is 0.255 e. The van der Waals surface area contributed by atoms with E-state index in [0.29, 0.717) is 22.8 Å². The van der Waals surface area contributed by atoms with E-state index < -0.39 is 0 Å². The number of carbonyl (C=O) groups excluding carboxylic acids is 1. The fraction of sp³-hybridized carbons (Fsp3) is 0.111. The summed E-state index contributed by atoms with van der Waals surface area (Å²) in [6.45, 7) is 0.404. The number of carbonyl (C=O) groups is 1. The third-order valence-corrected chi connectivity index (χ3v) is 3.86. The van der Waals surface area contributed by atoms with Crippen LogP contribution in [-0.4, -0.2) is 23.2 Å². The van der Waals surface area contributed by atoms with E-state index in [1.807, 2.05) is 36.4 Å². The number of aromatic nitrogens is 2. The Morgan fingerprint density at radius 2 is 2.04 bits per heavy atom. The van der Waals surface area contributed by atoms with Crippen LogP contribution in [0.5, 0.6) is 5.75 Å². The van der Waals surface area contributed by atoms with Crippen LogP contribution in [0.3, 0.4) is 0 Å². The van der Waals surface area contributed by atoms with Gasteiger partial charge in [-0.3, -0.25) is 9.89 Å². The summed E-state index contributed by atoms with van der Waals surface area (Å²) in [4.78, 5) is 12.5.